The van der Waals surface area contributed by atoms with Crippen LogP contribution >= 0.6 is 0 Å². The summed E-state index contributed by atoms with van der Waals surface area (Å²) < 4.78 is 12.3. The zero-order valence-electron chi connectivity index (χ0n) is 15.2. The third-order valence-electron chi connectivity index (χ3n) is 4.28. The molecule has 0 amide bonds. The number of carbonyl (C=O) groups excluding carboxylic acids is 2. The van der Waals surface area contributed by atoms with Crippen molar-refractivity contribution in [3.8, 4) is 0 Å². The molecule has 8 nitrogen and oxygen atoms in total. The van der Waals surface area contributed by atoms with Gasteiger partial charge < -0.3 is 25.4 Å². The number of aliphatic hydroxyl groups is 2. The summed E-state index contributed by atoms with van der Waals surface area (Å²) in [5, 5.41) is 20.4. The van der Waals surface area contributed by atoms with E-state index in [1.54, 1.807) is 18.3 Å². The van der Waals surface area contributed by atoms with Gasteiger partial charge in [0.2, 0.25) is 0 Å². The minimum Gasteiger partial charge on any atom is -0.462 e. The Morgan fingerprint density at radius 2 is 2.04 bits per heavy atom. The van der Waals surface area contributed by atoms with Crippen LogP contribution in [0.15, 0.2) is 24.5 Å². The van der Waals surface area contributed by atoms with Crippen LogP contribution in [0.25, 0.3) is 0 Å². The Hall–Kier alpha value is -1.87. The van der Waals surface area contributed by atoms with Crippen molar-refractivity contribution < 1.29 is 33.8 Å². The van der Waals surface area contributed by atoms with Crippen molar-refractivity contribution >= 4 is 11.8 Å². The first-order valence-corrected chi connectivity index (χ1v) is 8.66. The molecule has 5 atom stereocenters. The fraction of sp³-hybridized carbons (Fsp3) is 0.611. The van der Waals surface area contributed by atoms with E-state index >= 15 is 0 Å². The molecule has 2 heterocycles. The standard InChI is InChI=1S/C18H27N2O6/c1-10(2)7-13(19)18(24)25-9-14-15(22)16(23)17(26-14)20-6-4-5-12(8-20)11(3)21/h4-6,8,10,13-17,22-23H,7,9,19H2,1-3H3/q+1/t13-,14+,15+,16+,17+/m0/s1. The number of aromatic nitrogens is 1. The van der Waals surface area contributed by atoms with E-state index in [0.29, 0.717) is 12.0 Å². The van der Waals surface area contributed by atoms with Gasteiger partial charge in [0.25, 0.3) is 6.23 Å². The second kappa shape index (κ2) is 8.68. The average Bonchev–Trinajstić information content (AvgIpc) is 2.87. The molecule has 0 saturated carbocycles. The summed E-state index contributed by atoms with van der Waals surface area (Å²) in [6.45, 7) is 5.12. The highest BCUT2D eigenvalue weighted by Gasteiger charge is 2.48. The van der Waals surface area contributed by atoms with Gasteiger partial charge in [-0.05, 0) is 25.3 Å². The normalized spacial score (nSPS) is 26.7. The summed E-state index contributed by atoms with van der Waals surface area (Å²) in [4.78, 5) is 23.4. The SMILES string of the molecule is CC(=O)c1ccc[n+]([C@@H]2O[C@H](COC(=O)[C@@H](N)CC(C)C)[C@@H](O)[C@H]2O)c1. The van der Waals surface area contributed by atoms with Crippen LogP contribution in [0.5, 0.6) is 0 Å². The van der Waals surface area contributed by atoms with Gasteiger partial charge in [0.15, 0.2) is 24.3 Å². The van der Waals surface area contributed by atoms with E-state index in [9.17, 15) is 19.8 Å². The molecule has 1 aliphatic rings. The maximum absolute atomic E-state index is 11.9. The lowest BCUT2D eigenvalue weighted by atomic mass is 10.0. The summed E-state index contributed by atoms with van der Waals surface area (Å²) in [5.41, 5.74) is 6.22. The van der Waals surface area contributed by atoms with Crippen molar-refractivity contribution in [1.29, 1.82) is 0 Å². The maximum atomic E-state index is 11.9. The molecule has 8 heteroatoms. The number of ether oxygens (including phenoxy) is 2. The Morgan fingerprint density at radius 1 is 1.35 bits per heavy atom. The van der Waals surface area contributed by atoms with Crippen LogP contribution in [0.3, 0.4) is 0 Å². The largest absolute Gasteiger partial charge is 0.462 e. The highest BCUT2D eigenvalue weighted by molar-refractivity contribution is 5.93. The van der Waals surface area contributed by atoms with E-state index in [-0.39, 0.29) is 18.3 Å². The molecule has 1 aliphatic heterocycles. The molecule has 1 aromatic heterocycles. The van der Waals surface area contributed by atoms with Crippen LogP contribution in [-0.4, -0.2) is 52.9 Å². The van der Waals surface area contributed by atoms with Gasteiger partial charge in [-0.1, -0.05) is 13.8 Å². The van der Waals surface area contributed by atoms with Gasteiger partial charge in [-0.2, -0.15) is 4.57 Å². The number of esters is 1. The van der Waals surface area contributed by atoms with Crippen LogP contribution in [0.2, 0.25) is 0 Å². The molecule has 0 spiro atoms. The number of nitrogens with two attached hydrogens (primary N) is 1. The number of hydrogen-bond donors (Lipinski definition) is 3. The Bertz CT molecular complexity index is 650. The number of nitrogens with zero attached hydrogens (tertiary/aromatic N) is 1. The predicted molar refractivity (Wildman–Crippen MR) is 91.0 cm³/mol. The number of pyridine rings is 1. The molecule has 2 rings (SSSR count). The van der Waals surface area contributed by atoms with Gasteiger partial charge in [0, 0.05) is 6.07 Å². The summed E-state index contributed by atoms with van der Waals surface area (Å²) in [6.07, 6.45) is -0.587. The van der Waals surface area contributed by atoms with Crippen molar-refractivity contribution in [3.63, 3.8) is 0 Å². The molecule has 1 fully saturated rings. The molecular weight excluding hydrogens is 340 g/mol. The predicted octanol–water partition coefficient (Wildman–Crippen LogP) is -0.287. The smallest absolute Gasteiger partial charge is 0.323 e. The number of carbonyl (C=O) groups is 2. The van der Waals surface area contributed by atoms with Crippen molar-refractivity contribution in [1.82, 2.24) is 0 Å². The summed E-state index contributed by atoms with van der Waals surface area (Å²) in [5.74, 6) is -0.447. The minimum atomic E-state index is -1.23. The number of aliphatic hydroxyl groups excluding tert-OH is 2. The molecule has 0 bridgehead atoms. The highest BCUT2D eigenvalue weighted by atomic mass is 16.6. The lowest BCUT2D eigenvalue weighted by Gasteiger charge is -2.17. The Kier molecular flexibility index (Phi) is 6.82. The molecule has 144 valence electrons. The number of rotatable bonds is 7. The van der Waals surface area contributed by atoms with Gasteiger partial charge in [0.05, 0.1) is 5.56 Å². The summed E-state index contributed by atoms with van der Waals surface area (Å²) >= 11 is 0. The second-order valence-corrected chi connectivity index (χ2v) is 7.01. The zero-order valence-corrected chi connectivity index (χ0v) is 15.2. The monoisotopic (exact) mass is 367 g/mol. The van der Waals surface area contributed by atoms with E-state index in [1.807, 2.05) is 13.8 Å². The van der Waals surface area contributed by atoms with Crippen LogP contribution in [-0.2, 0) is 14.3 Å². The lowest BCUT2D eigenvalue weighted by Crippen LogP contribution is -2.46. The van der Waals surface area contributed by atoms with Gasteiger partial charge in [-0.25, -0.2) is 0 Å². The van der Waals surface area contributed by atoms with Crippen LogP contribution in [0.1, 0.15) is 43.8 Å². The van der Waals surface area contributed by atoms with Crippen molar-refractivity contribution in [2.45, 2.75) is 57.8 Å². The second-order valence-electron chi connectivity index (χ2n) is 7.01. The van der Waals surface area contributed by atoms with E-state index in [1.165, 1.54) is 17.7 Å². The van der Waals surface area contributed by atoms with Crippen LogP contribution in [0, 0.1) is 5.92 Å². The summed E-state index contributed by atoms with van der Waals surface area (Å²) in [6, 6.07) is 2.56. The minimum absolute atomic E-state index is 0.128. The molecule has 4 N–H and O–H groups in total. The molecule has 0 radical (unpaired) electrons. The molecule has 1 aromatic rings. The Balaban J connectivity index is 2.00. The Morgan fingerprint density at radius 3 is 2.65 bits per heavy atom. The van der Waals surface area contributed by atoms with E-state index in [2.05, 4.69) is 0 Å². The van der Waals surface area contributed by atoms with Crippen LogP contribution in [0.4, 0.5) is 0 Å². The molecule has 26 heavy (non-hydrogen) atoms. The molecule has 1 saturated heterocycles. The topological polar surface area (TPSA) is 123 Å². The van der Waals surface area contributed by atoms with Gasteiger partial charge in [-0.3, -0.25) is 9.59 Å². The molecule has 0 unspecified atom stereocenters. The third-order valence-corrected chi connectivity index (χ3v) is 4.28. The number of ketones is 1. The number of hydrogen-bond acceptors (Lipinski definition) is 7. The lowest BCUT2D eigenvalue weighted by molar-refractivity contribution is -0.765. The van der Waals surface area contributed by atoms with E-state index in [4.69, 9.17) is 15.2 Å². The van der Waals surface area contributed by atoms with Crippen molar-refractivity contribution in [2.75, 3.05) is 6.61 Å². The van der Waals surface area contributed by atoms with Gasteiger partial charge in [0.1, 0.15) is 24.9 Å². The van der Waals surface area contributed by atoms with Crippen LogP contribution < -0.4 is 10.3 Å². The maximum Gasteiger partial charge on any atom is 0.323 e. The first-order chi connectivity index (χ1) is 12.2. The zero-order chi connectivity index (χ0) is 19.4. The average molecular weight is 367 g/mol. The van der Waals surface area contributed by atoms with Crippen molar-refractivity contribution in [2.24, 2.45) is 11.7 Å². The van der Waals surface area contributed by atoms with E-state index in [0.717, 1.165) is 0 Å². The fourth-order valence-corrected chi connectivity index (χ4v) is 2.85. The van der Waals surface area contributed by atoms with Gasteiger partial charge in [-0.15, -0.1) is 0 Å². The summed E-state index contributed by atoms with van der Waals surface area (Å²) in [7, 11) is 0. The third kappa shape index (κ3) is 4.85. The van der Waals surface area contributed by atoms with Gasteiger partial charge >= 0.3 is 5.97 Å². The fourth-order valence-electron chi connectivity index (χ4n) is 2.85. The number of Topliss-reactive ketones (excluding diaryl/α,β-unsaturated/α-hetero) is 1. The molecular formula is C18H27N2O6+. The molecule has 0 aliphatic carbocycles. The van der Waals surface area contributed by atoms with E-state index < -0.39 is 36.6 Å². The first kappa shape index (κ1) is 20.4. The molecule has 0 aromatic carbocycles. The first-order valence-electron chi connectivity index (χ1n) is 8.66. The highest BCUT2D eigenvalue weighted by Crippen LogP contribution is 2.26. The van der Waals surface area contributed by atoms with Crippen molar-refractivity contribution in [3.05, 3.63) is 30.1 Å². The Labute approximate surface area is 152 Å². The quantitative estimate of drug-likeness (QED) is 0.344.